The fraction of sp³-hybridized carbons (Fsp3) is 0.524. The molecule has 0 radical (unpaired) electrons. The van der Waals surface area contributed by atoms with Crippen LogP contribution >= 0.6 is 15.9 Å². The summed E-state index contributed by atoms with van der Waals surface area (Å²) >= 11 is 3.51. The second-order valence-corrected chi connectivity index (χ2v) is 9.48. The van der Waals surface area contributed by atoms with Crippen LogP contribution in [0.25, 0.3) is 10.9 Å². The molecule has 2 aromatic rings. The molecule has 4 rings (SSSR count). The number of carbonyl (C=O) groups is 1. The Hall–Kier alpha value is -1.86. The molecule has 1 spiro atoms. The first-order valence-corrected chi connectivity index (χ1v) is 10.4. The number of hydrogen-bond acceptors (Lipinski definition) is 5. The molecule has 7 heteroatoms. The molecular formula is C21H25BrN2O4. The summed E-state index contributed by atoms with van der Waals surface area (Å²) in [6, 6.07) is 7.78. The maximum Gasteiger partial charge on any atom is 0.410 e. The van der Waals surface area contributed by atoms with Gasteiger partial charge in [-0.3, -0.25) is 4.98 Å². The minimum atomic E-state index is -0.514. The molecule has 150 valence electrons. The Morgan fingerprint density at radius 1 is 1.39 bits per heavy atom. The zero-order valence-corrected chi connectivity index (χ0v) is 18.0. The predicted molar refractivity (Wildman–Crippen MR) is 110 cm³/mol. The third-order valence-corrected chi connectivity index (χ3v) is 5.31. The van der Waals surface area contributed by atoms with Crippen LogP contribution in [0.1, 0.15) is 33.6 Å². The van der Waals surface area contributed by atoms with Gasteiger partial charge in [0, 0.05) is 16.1 Å². The van der Waals surface area contributed by atoms with Gasteiger partial charge in [0.15, 0.2) is 0 Å². The molecule has 28 heavy (non-hydrogen) atoms. The Balaban J connectivity index is 1.47. The highest BCUT2D eigenvalue weighted by atomic mass is 79.9. The van der Waals surface area contributed by atoms with Gasteiger partial charge in [0.2, 0.25) is 0 Å². The molecule has 0 bridgehead atoms. The van der Waals surface area contributed by atoms with Crippen molar-refractivity contribution in [2.45, 2.75) is 50.9 Å². The van der Waals surface area contributed by atoms with Gasteiger partial charge >= 0.3 is 6.09 Å². The number of fused-ring (bicyclic) bond motifs is 1. The molecule has 1 aromatic heterocycles. The normalized spacial score (nSPS) is 21.0. The van der Waals surface area contributed by atoms with E-state index in [2.05, 4.69) is 20.9 Å². The van der Waals surface area contributed by atoms with Crippen molar-refractivity contribution in [2.75, 3.05) is 19.7 Å². The Kier molecular flexibility index (Phi) is 5.00. The molecule has 1 amide bonds. The summed E-state index contributed by atoms with van der Waals surface area (Å²) in [5.74, 6) is 0.750. The first-order valence-electron chi connectivity index (χ1n) is 9.56. The fourth-order valence-electron chi connectivity index (χ4n) is 3.47. The molecular weight excluding hydrogens is 424 g/mol. The molecule has 1 saturated heterocycles. The van der Waals surface area contributed by atoms with Gasteiger partial charge in [-0.2, -0.15) is 0 Å². The Bertz CT molecular complexity index is 892. The highest BCUT2D eigenvalue weighted by molar-refractivity contribution is 9.10. The van der Waals surface area contributed by atoms with Crippen LogP contribution in [0.5, 0.6) is 5.75 Å². The summed E-state index contributed by atoms with van der Waals surface area (Å²) in [4.78, 5) is 18.7. The summed E-state index contributed by atoms with van der Waals surface area (Å²) in [5.41, 5.74) is 0.121. The quantitative estimate of drug-likeness (QED) is 0.689. The van der Waals surface area contributed by atoms with Gasteiger partial charge in [0.1, 0.15) is 24.1 Å². The minimum Gasteiger partial charge on any atom is -0.490 e. The zero-order valence-electron chi connectivity index (χ0n) is 16.4. The van der Waals surface area contributed by atoms with Crippen molar-refractivity contribution in [2.24, 2.45) is 0 Å². The highest BCUT2D eigenvalue weighted by Gasteiger charge is 2.51. The van der Waals surface area contributed by atoms with E-state index in [1.807, 2.05) is 45.0 Å². The maximum atomic E-state index is 12.6. The maximum absolute atomic E-state index is 12.6. The largest absolute Gasteiger partial charge is 0.490 e. The number of ether oxygens (including phenoxy) is 3. The number of pyridine rings is 1. The van der Waals surface area contributed by atoms with Crippen LogP contribution in [0.15, 0.2) is 34.9 Å². The van der Waals surface area contributed by atoms with Gasteiger partial charge in [0.25, 0.3) is 0 Å². The molecule has 1 saturated carbocycles. The molecule has 2 heterocycles. The SMILES string of the molecule is CC(C)(C)OC(=O)N1C[C@@H](COc2cc(Br)cc3ncccc23)OC2(CC2)C1. The lowest BCUT2D eigenvalue weighted by Crippen LogP contribution is -2.54. The van der Waals surface area contributed by atoms with Crippen molar-refractivity contribution in [1.29, 1.82) is 0 Å². The zero-order chi connectivity index (χ0) is 19.9. The van der Waals surface area contributed by atoms with Crippen molar-refractivity contribution < 1.29 is 19.0 Å². The van der Waals surface area contributed by atoms with Crippen molar-refractivity contribution in [3.05, 3.63) is 34.9 Å². The van der Waals surface area contributed by atoms with Crippen LogP contribution in [-0.2, 0) is 9.47 Å². The third-order valence-electron chi connectivity index (χ3n) is 4.85. The second-order valence-electron chi connectivity index (χ2n) is 8.57. The number of carbonyl (C=O) groups excluding carboxylic acids is 1. The van der Waals surface area contributed by atoms with Crippen LogP contribution < -0.4 is 4.74 Å². The van der Waals surface area contributed by atoms with Gasteiger partial charge in [-0.05, 0) is 57.9 Å². The van der Waals surface area contributed by atoms with Crippen molar-refractivity contribution in [1.82, 2.24) is 9.88 Å². The first-order chi connectivity index (χ1) is 13.2. The van der Waals surface area contributed by atoms with E-state index < -0.39 is 5.60 Å². The number of rotatable bonds is 3. The van der Waals surface area contributed by atoms with Crippen molar-refractivity contribution in [3.8, 4) is 5.75 Å². The van der Waals surface area contributed by atoms with Crippen LogP contribution in [0, 0.1) is 0 Å². The second kappa shape index (κ2) is 7.19. The molecule has 1 aliphatic carbocycles. The summed E-state index contributed by atoms with van der Waals surface area (Å²) in [7, 11) is 0. The number of benzene rings is 1. The Morgan fingerprint density at radius 3 is 2.89 bits per heavy atom. The third kappa shape index (κ3) is 4.41. The molecule has 6 nitrogen and oxygen atoms in total. The smallest absolute Gasteiger partial charge is 0.410 e. The van der Waals surface area contributed by atoms with Gasteiger partial charge < -0.3 is 19.1 Å². The van der Waals surface area contributed by atoms with Crippen LogP contribution in [0.4, 0.5) is 4.79 Å². The van der Waals surface area contributed by atoms with Gasteiger partial charge in [-0.1, -0.05) is 15.9 Å². The predicted octanol–water partition coefficient (Wildman–Crippen LogP) is 4.54. The van der Waals surface area contributed by atoms with E-state index >= 15 is 0 Å². The average Bonchev–Trinajstić information content (AvgIpc) is 3.36. The molecule has 0 unspecified atom stereocenters. The highest BCUT2D eigenvalue weighted by Crippen LogP contribution is 2.44. The van der Waals surface area contributed by atoms with Gasteiger partial charge in [0.05, 0.1) is 24.2 Å². The van der Waals surface area contributed by atoms with Crippen LogP contribution in [-0.4, -0.2) is 53.0 Å². The van der Waals surface area contributed by atoms with Crippen LogP contribution in [0.2, 0.25) is 0 Å². The summed E-state index contributed by atoms with van der Waals surface area (Å²) < 4.78 is 18.8. The summed E-state index contributed by atoms with van der Waals surface area (Å²) in [6.45, 7) is 7.05. The number of aromatic nitrogens is 1. The van der Waals surface area contributed by atoms with Gasteiger partial charge in [-0.15, -0.1) is 0 Å². The molecule has 1 atom stereocenters. The minimum absolute atomic E-state index is 0.200. The Labute approximate surface area is 173 Å². The van der Waals surface area contributed by atoms with E-state index in [9.17, 15) is 4.79 Å². The first kappa shape index (κ1) is 19.5. The fourth-order valence-corrected chi connectivity index (χ4v) is 3.90. The van der Waals surface area contributed by atoms with Gasteiger partial charge in [-0.25, -0.2) is 4.79 Å². The van der Waals surface area contributed by atoms with E-state index in [0.717, 1.165) is 34.0 Å². The number of halogens is 1. The van der Waals surface area contributed by atoms with E-state index in [1.54, 1.807) is 11.1 Å². The molecule has 1 aromatic carbocycles. The average molecular weight is 449 g/mol. The summed E-state index contributed by atoms with van der Waals surface area (Å²) in [6.07, 6.45) is 3.20. The molecule has 1 aliphatic heterocycles. The standard InChI is InChI=1S/C21H25BrN2O4/c1-20(2,3)28-19(25)24-11-15(27-21(13-24)6-7-21)12-26-18-10-14(22)9-17-16(18)5-4-8-23-17/h4-5,8-10,15H,6-7,11-13H2,1-3H3/t15-/m0/s1. The van der Waals surface area contributed by atoms with Crippen molar-refractivity contribution >= 4 is 32.9 Å². The molecule has 2 fully saturated rings. The van der Waals surface area contributed by atoms with Crippen molar-refractivity contribution in [3.63, 3.8) is 0 Å². The van der Waals surface area contributed by atoms with E-state index in [-0.39, 0.29) is 17.8 Å². The number of nitrogens with zero attached hydrogens (tertiary/aromatic N) is 2. The number of hydrogen-bond donors (Lipinski definition) is 0. The Morgan fingerprint density at radius 2 is 2.18 bits per heavy atom. The van der Waals surface area contributed by atoms with Crippen LogP contribution in [0.3, 0.4) is 0 Å². The van der Waals surface area contributed by atoms with E-state index in [4.69, 9.17) is 14.2 Å². The van der Waals surface area contributed by atoms with E-state index in [1.165, 1.54) is 0 Å². The number of morpholine rings is 1. The molecule has 0 N–H and O–H groups in total. The summed E-state index contributed by atoms with van der Waals surface area (Å²) in [5, 5.41) is 0.951. The lowest BCUT2D eigenvalue weighted by Gasteiger charge is -2.39. The lowest BCUT2D eigenvalue weighted by atomic mass is 10.2. The lowest BCUT2D eigenvalue weighted by molar-refractivity contribution is -0.113. The molecule has 2 aliphatic rings. The van der Waals surface area contributed by atoms with E-state index in [0.29, 0.717) is 19.7 Å². The topological polar surface area (TPSA) is 60.9 Å². The monoisotopic (exact) mass is 448 g/mol. The number of amides is 1.